The second-order valence-electron chi connectivity index (χ2n) is 4.28. The van der Waals surface area contributed by atoms with Gasteiger partial charge in [0.05, 0.1) is 8.66 Å². The minimum absolute atomic E-state index is 0.287. The second-order valence-corrected chi connectivity index (χ2v) is 6.65. The first-order valence-electron chi connectivity index (χ1n) is 5.30. The number of hydrogen-bond donors (Lipinski definition) is 0. The first kappa shape index (κ1) is 12.9. The van der Waals surface area contributed by atoms with Gasteiger partial charge in [0, 0.05) is 6.42 Å². The van der Waals surface area contributed by atoms with Gasteiger partial charge in [-0.05, 0) is 46.8 Å². The van der Waals surface area contributed by atoms with Crippen molar-refractivity contribution in [2.45, 2.75) is 40.0 Å². The van der Waals surface area contributed by atoms with Crippen molar-refractivity contribution in [2.75, 3.05) is 0 Å². The summed E-state index contributed by atoms with van der Waals surface area (Å²) in [4.78, 5) is 12.7. The Morgan fingerprint density at radius 1 is 1.53 bits per heavy atom. The number of Topliss-reactive ketones (excluding diaryl/α,β-unsaturated/α-hetero) is 1. The Morgan fingerprint density at radius 2 is 2.20 bits per heavy atom. The van der Waals surface area contributed by atoms with Gasteiger partial charge < -0.3 is 0 Å². The molecule has 0 amide bonds. The minimum atomic E-state index is 0.287. The van der Waals surface area contributed by atoms with Gasteiger partial charge in [0.1, 0.15) is 0 Å². The highest BCUT2D eigenvalue weighted by Gasteiger charge is 2.10. The quantitative estimate of drug-likeness (QED) is 0.710. The Morgan fingerprint density at radius 3 is 2.67 bits per heavy atom. The van der Waals surface area contributed by atoms with Gasteiger partial charge >= 0.3 is 0 Å². The molecule has 0 aliphatic rings. The molecule has 0 unspecified atom stereocenters. The molecule has 0 saturated heterocycles. The summed E-state index contributed by atoms with van der Waals surface area (Å²) in [5, 5.41) is 0. The number of rotatable bonds is 5. The average Bonchev–Trinajstić information content (AvgIpc) is 2.46. The van der Waals surface area contributed by atoms with E-state index in [9.17, 15) is 4.79 Å². The average molecular weight is 289 g/mol. The Hall–Kier alpha value is -0.150. The fourth-order valence-corrected chi connectivity index (χ4v) is 2.89. The molecular formula is C12H17BrOS. The van der Waals surface area contributed by atoms with Crippen LogP contribution in [0.25, 0.3) is 0 Å². The van der Waals surface area contributed by atoms with Crippen molar-refractivity contribution in [3.8, 4) is 0 Å². The Balaban J connectivity index is 2.47. The number of hydrogen-bond acceptors (Lipinski definition) is 2. The molecule has 0 aliphatic carbocycles. The van der Waals surface area contributed by atoms with Crippen LogP contribution in [0.1, 0.15) is 48.3 Å². The van der Waals surface area contributed by atoms with E-state index in [1.807, 2.05) is 13.0 Å². The van der Waals surface area contributed by atoms with Gasteiger partial charge in [0.15, 0.2) is 5.78 Å². The molecule has 1 nitrogen and oxygen atoms in total. The molecule has 1 rings (SSSR count). The van der Waals surface area contributed by atoms with Gasteiger partial charge in [-0.3, -0.25) is 4.79 Å². The lowest BCUT2D eigenvalue weighted by Crippen LogP contribution is -1.97. The molecule has 0 spiro atoms. The molecule has 0 aromatic carbocycles. The third-order valence-corrected chi connectivity index (χ3v) is 4.49. The largest absolute Gasteiger partial charge is 0.293 e. The van der Waals surface area contributed by atoms with Crippen LogP contribution in [-0.4, -0.2) is 5.78 Å². The topological polar surface area (TPSA) is 17.1 Å². The van der Waals surface area contributed by atoms with E-state index in [1.54, 1.807) is 11.3 Å². The van der Waals surface area contributed by atoms with E-state index in [2.05, 4.69) is 29.8 Å². The molecular weight excluding hydrogens is 272 g/mol. The maximum atomic E-state index is 11.8. The van der Waals surface area contributed by atoms with Crippen LogP contribution in [-0.2, 0) is 0 Å². The van der Waals surface area contributed by atoms with E-state index < -0.39 is 0 Å². The summed E-state index contributed by atoms with van der Waals surface area (Å²) in [7, 11) is 0. The van der Waals surface area contributed by atoms with Crippen molar-refractivity contribution in [3.05, 3.63) is 20.3 Å². The molecule has 0 N–H and O–H groups in total. The van der Waals surface area contributed by atoms with Crippen molar-refractivity contribution in [1.82, 2.24) is 0 Å². The number of thiophene rings is 1. The number of aryl methyl sites for hydroxylation is 1. The third-order valence-electron chi connectivity index (χ3n) is 2.32. The standard InChI is InChI=1S/C12H17BrOS/c1-8(2)5-4-6-10(14)11-7-9(3)12(13)15-11/h7-8H,4-6H2,1-3H3. The third kappa shape index (κ3) is 4.07. The highest BCUT2D eigenvalue weighted by Crippen LogP contribution is 2.28. The zero-order valence-corrected chi connectivity index (χ0v) is 11.9. The summed E-state index contributed by atoms with van der Waals surface area (Å²) in [6.07, 6.45) is 2.83. The van der Waals surface area contributed by atoms with Gasteiger partial charge in [-0.15, -0.1) is 11.3 Å². The van der Waals surface area contributed by atoms with Crippen LogP contribution < -0.4 is 0 Å². The monoisotopic (exact) mass is 288 g/mol. The first-order valence-corrected chi connectivity index (χ1v) is 6.90. The fourth-order valence-electron chi connectivity index (χ4n) is 1.39. The molecule has 0 saturated carbocycles. The van der Waals surface area contributed by atoms with Crippen LogP contribution in [0.5, 0.6) is 0 Å². The highest BCUT2D eigenvalue weighted by molar-refractivity contribution is 9.11. The molecule has 0 radical (unpaired) electrons. The summed E-state index contributed by atoms with van der Waals surface area (Å²) in [5.41, 5.74) is 1.16. The van der Waals surface area contributed by atoms with Crippen molar-refractivity contribution >= 4 is 33.0 Å². The number of carbonyl (C=O) groups excluding carboxylic acids is 1. The molecule has 1 aromatic rings. The highest BCUT2D eigenvalue weighted by atomic mass is 79.9. The molecule has 15 heavy (non-hydrogen) atoms. The predicted octanol–water partition coefficient (Wildman–Crippen LogP) is 4.83. The number of ketones is 1. The molecule has 0 aliphatic heterocycles. The van der Waals surface area contributed by atoms with Gasteiger partial charge in [-0.2, -0.15) is 0 Å². The summed E-state index contributed by atoms with van der Waals surface area (Å²) in [5.74, 6) is 0.976. The van der Waals surface area contributed by atoms with Crippen LogP contribution in [0.2, 0.25) is 0 Å². The molecule has 1 aromatic heterocycles. The number of carbonyl (C=O) groups is 1. The van der Waals surface area contributed by atoms with Gasteiger partial charge in [0.2, 0.25) is 0 Å². The van der Waals surface area contributed by atoms with Crippen LogP contribution in [0.4, 0.5) is 0 Å². The summed E-state index contributed by atoms with van der Waals surface area (Å²) in [6, 6.07) is 1.98. The lowest BCUT2D eigenvalue weighted by molar-refractivity contribution is 0.0982. The maximum absolute atomic E-state index is 11.8. The summed E-state index contributed by atoms with van der Waals surface area (Å²) >= 11 is 4.99. The van der Waals surface area contributed by atoms with E-state index in [0.29, 0.717) is 12.3 Å². The van der Waals surface area contributed by atoms with Crippen molar-refractivity contribution in [2.24, 2.45) is 5.92 Å². The minimum Gasteiger partial charge on any atom is -0.293 e. The van der Waals surface area contributed by atoms with E-state index in [4.69, 9.17) is 0 Å². The maximum Gasteiger partial charge on any atom is 0.172 e. The fraction of sp³-hybridized carbons (Fsp3) is 0.583. The number of halogens is 1. The van der Waals surface area contributed by atoms with Gasteiger partial charge in [0.25, 0.3) is 0 Å². The summed E-state index contributed by atoms with van der Waals surface area (Å²) in [6.45, 7) is 6.40. The van der Waals surface area contributed by atoms with E-state index in [-0.39, 0.29) is 5.78 Å². The lowest BCUT2D eigenvalue weighted by Gasteiger charge is -2.02. The first-order chi connectivity index (χ1) is 7.00. The smallest absolute Gasteiger partial charge is 0.172 e. The normalized spacial score (nSPS) is 11.0. The van der Waals surface area contributed by atoms with Gasteiger partial charge in [-0.25, -0.2) is 0 Å². The van der Waals surface area contributed by atoms with E-state index in [1.165, 1.54) is 0 Å². The van der Waals surface area contributed by atoms with Crippen LogP contribution >= 0.6 is 27.3 Å². The Labute approximate surface area is 104 Å². The van der Waals surface area contributed by atoms with Gasteiger partial charge in [-0.1, -0.05) is 20.3 Å². The molecule has 84 valence electrons. The Kier molecular flexibility index (Phi) is 5.00. The lowest BCUT2D eigenvalue weighted by atomic mass is 10.0. The summed E-state index contributed by atoms with van der Waals surface area (Å²) < 4.78 is 1.08. The zero-order valence-electron chi connectivity index (χ0n) is 9.47. The van der Waals surface area contributed by atoms with Crippen molar-refractivity contribution in [3.63, 3.8) is 0 Å². The molecule has 1 heterocycles. The second kappa shape index (κ2) is 5.80. The van der Waals surface area contributed by atoms with E-state index >= 15 is 0 Å². The Bertz CT molecular complexity index is 322. The van der Waals surface area contributed by atoms with Crippen LogP contribution in [0, 0.1) is 12.8 Å². The van der Waals surface area contributed by atoms with Crippen LogP contribution in [0.15, 0.2) is 9.85 Å². The van der Waals surface area contributed by atoms with Crippen molar-refractivity contribution < 1.29 is 4.79 Å². The zero-order chi connectivity index (χ0) is 11.4. The predicted molar refractivity (Wildman–Crippen MR) is 69.8 cm³/mol. The molecule has 0 fully saturated rings. The van der Waals surface area contributed by atoms with Crippen LogP contribution in [0.3, 0.4) is 0 Å². The van der Waals surface area contributed by atoms with Crippen molar-refractivity contribution in [1.29, 1.82) is 0 Å². The molecule has 3 heteroatoms. The molecule has 0 atom stereocenters. The molecule has 0 bridgehead atoms. The van der Waals surface area contributed by atoms with E-state index in [0.717, 1.165) is 27.1 Å². The SMILES string of the molecule is Cc1cc(C(=O)CCCC(C)C)sc1Br.